The van der Waals surface area contributed by atoms with E-state index in [1.165, 1.54) is 24.3 Å². The predicted molar refractivity (Wildman–Crippen MR) is 76.1 cm³/mol. The summed E-state index contributed by atoms with van der Waals surface area (Å²) < 4.78 is 9.16. The Kier molecular flexibility index (Phi) is 6.58. The summed E-state index contributed by atoms with van der Waals surface area (Å²) >= 11 is 0. The van der Waals surface area contributed by atoms with E-state index in [1.54, 1.807) is 0 Å². The molecule has 0 aromatic heterocycles. The molecule has 1 aromatic rings. The van der Waals surface area contributed by atoms with Gasteiger partial charge in [0.05, 0.1) is 0 Å². The highest BCUT2D eigenvalue weighted by atomic mass is 16.6. The predicted octanol–water partition coefficient (Wildman–Crippen LogP) is 0.557. The van der Waals surface area contributed by atoms with Crippen molar-refractivity contribution in [2.75, 3.05) is 0 Å². The summed E-state index contributed by atoms with van der Waals surface area (Å²) in [7, 11) is 0. The van der Waals surface area contributed by atoms with Crippen molar-refractivity contribution < 1.29 is 43.7 Å². The minimum absolute atomic E-state index is 0.266. The fraction of sp³-hybridized carbons (Fsp3) is 0. The van der Waals surface area contributed by atoms with E-state index >= 15 is 0 Å². The summed E-state index contributed by atoms with van der Waals surface area (Å²) in [5, 5.41) is 16.8. The fourth-order valence-electron chi connectivity index (χ4n) is 1.33. The highest BCUT2D eigenvalue weighted by Crippen LogP contribution is 2.19. The van der Waals surface area contributed by atoms with Crippen molar-refractivity contribution in [2.45, 2.75) is 0 Å². The molecule has 124 valence electrons. The summed E-state index contributed by atoms with van der Waals surface area (Å²) in [5.41, 5.74) is -0.286. The van der Waals surface area contributed by atoms with Crippen LogP contribution in [0.5, 0.6) is 5.75 Å². The summed E-state index contributed by atoms with van der Waals surface area (Å²) in [5.74, 6) is -6.50. The molecule has 24 heavy (non-hydrogen) atoms. The summed E-state index contributed by atoms with van der Waals surface area (Å²) in [6, 6.07) is 5.24. The Morgan fingerprint density at radius 1 is 0.792 bits per heavy atom. The fourth-order valence-corrected chi connectivity index (χ4v) is 1.33. The molecule has 2 N–H and O–H groups in total. The zero-order valence-electron chi connectivity index (χ0n) is 11.9. The number of carboxylic acid groups (broad SMARTS) is 2. The molecule has 1 rings (SSSR count). The third-order valence-electron chi connectivity index (χ3n) is 2.23. The first-order valence-corrected chi connectivity index (χ1v) is 6.18. The zero-order chi connectivity index (χ0) is 18.1. The number of carboxylic acids is 2. The lowest BCUT2D eigenvalue weighted by molar-refractivity contribution is -0.134. The van der Waals surface area contributed by atoms with Crippen LogP contribution in [0.15, 0.2) is 48.6 Å². The van der Waals surface area contributed by atoms with Gasteiger partial charge in [-0.05, 0) is 12.1 Å². The van der Waals surface area contributed by atoms with Crippen molar-refractivity contribution in [1.82, 2.24) is 0 Å². The number of carbonyl (C=O) groups excluding carboxylic acids is 3. The number of para-hydroxylation sites is 1. The maximum Gasteiger partial charge on any atom is 0.349 e. The van der Waals surface area contributed by atoms with Gasteiger partial charge in [-0.15, -0.1) is 0 Å². The molecule has 0 spiro atoms. The Labute approximate surface area is 134 Å². The molecule has 0 aliphatic rings. The Hall–Kier alpha value is -3.75. The molecule has 1 aromatic carbocycles. The second-order valence-electron chi connectivity index (χ2n) is 3.97. The number of carbonyl (C=O) groups is 5. The monoisotopic (exact) mass is 334 g/mol. The zero-order valence-corrected chi connectivity index (χ0v) is 11.9. The van der Waals surface area contributed by atoms with Crippen LogP contribution in [0, 0.1) is 0 Å². The van der Waals surface area contributed by atoms with Crippen LogP contribution >= 0.6 is 0 Å². The Balaban J connectivity index is 2.87. The highest BCUT2D eigenvalue weighted by molar-refractivity contribution is 6.03. The quantitative estimate of drug-likeness (QED) is 0.330. The van der Waals surface area contributed by atoms with Gasteiger partial charge >= 0.3 is 29.8 Å². The van der Waals surface area contributed by atoms with Gasteiger partial charge in [-0.1, -0.05) is 12.1 Å². The van der Waals surface area contributed by atoms with E-state index in [4.69, 9.17) is 14.9 Å². The van der Waals surface area contributed by atoms with Crippen LogP contribution < -0.4 is 4.74 Å². The molecule has 0 atom stereocenters. The average molecular weight is 334 g/mol. The van der Waals surface area contributed by atoms with Crippen molar-refractivity contribution in [2.24, 2.45) is 0 Å². The van der Waals surface area contributed by atoms with Crippen LogP contribution in [0.2, 0.25) is 0 Å². The molecule has 0 heterocycles. The topological polar surface area (TPSA) is 144 Å². The Bertz CT molecular complexity index is 743. The standard InChI is InChI=1S/C15H10O9/c16-11(17)5-7-13(20)23-10-4-2-1-3-9(10)15(22)24-14(21)8-6-12(18)19/h1-8H,(H,16,17)(H,18,19). The number of benzene rings is 1. The number of hydrogen-bond donors (Lipinski definition) is 2. The van der Waals surface area contributed by atoms with Crippen molar-refractivity contribution >= 4 is 29.8 Å². The first-order chi connectivity index (χ1) is 11.3. The molecule has 9 nitrogen and oxygen atoms in total. The first-order valence-electron chi connectivity index (χ1n) is 6.18. The van der Waals surface area contributed by atoms with Gasteiger partial charge in [-0.3, -0.25) is 0 Å². The molecule has 0 radical (unpaired) electrons. The lowest BCUT2D eigenvalue weighted by Crippen LogP contribution is -2.14. The molecule has 0 fully saturated rings. The summed E-state index contributed by atoms with van der Waals surface area (Å²) in [6.45, 7) is 0. The van der Waals surface area contributed by atoms with E-state index in [9.17, 15) is 24.0 Å². The molecule has 0 unspecified atom stereocenters. The van der Waals surface area contributed by atoms with E-state index in [2.05, 4.69) is 4.74 Å². The molecule has 0 bridgehead atoms. The Morgan fingerprint density at radius 3 is 1.92 bits per heavy atom. The normalized spacial score (nSPS) is 10.5. The number of ether oxygens (including phenoxy) is 2. The SMILES string of the molecule is O=C(O)C=CC(=O)OC(=O)c1ccccc1OC(=O)C=CC(=O)O. The van der Waals surface area contributed by atoms with Gasteiger partial charge < -0.3 is 19.7 Å². The van der Waals surface area contributed by atoms with Crippen molar-refractivity contribution in [1.29, 1.82) is 0 Å². The third-order valence-corrected chi connectivity index (χ3v) is 2.23. The van der Waals surface area contributed by atoms with Gasteiger partial charge in [0.25, 0.3) is 0 Å². The van der Waals surface area contributed by atoms with Crippen molar-refractivity contribution in [3.63, 3.8) is 0 Å². The van der Waals surface area contributed by atoms with Crippen LogP contribution in [0.4, 0.5) is 0 Å². The maximum absolute atomic E-state index is 11.8. The largest absolute Gasteiger partial charge is 0.478 e. The van der Waals surface area contributed by atoms with Crippen molar-refractivity contribution in [3.8, 4) is 5.75 Å². The molecular formula is C15H10O9. The van der Waals surface area contributed by atoms with E-state index in [-0.39, 0.29) is 11.3 Å². The van der Waals surface area contributed by atoms with Gasteiger partial charge in [0.2, 0.25) is 0 Å². The number of esters is 3. The van der Waals surface area contributed by atoms with Crippen molar-refractivity contribution in [3.05, 3.63) is 54.1 Å². The summed E-state index contributed by atoms with van der Waals surface area (Å²) in [6.07, 6.45) is 2.19. The molecule has 0 saturated carbocycles. The number of aliphatic carboxylic acids is 2. The maximum atomic E-state index is 11.8. The van der Waals surface area contributed by atoms with E-state index in [0.717, 1.165) is 0 Å². The lowest BCUT2D eigenvalue weighted by atomic mass is 10.2. The molecule has 0 saturated heterocycles. The summed E-state index contributed by atoms with van der Waals surface area (Å²) in [4.78, 5) is 55.1. The number of rotatable bonds is 6. The third kappa shape index (κ3) is 6.35. The van der Waals surface area contributed by atoms with Crippen LogP contribution in [-0.4, -0.2) is 40.1 Å². The Morgan fingerprint density at radius 2 is 1.33 bits per heavy atom. The smallest absolute Gasteiger partial charge is 0.349 e. The molecule has 0 amide bonds. The molecule has 9 heteroatoms. The van der Waals surface area contributed by atoms with Crippen LogP contribution in [-0.2, 0) is 23.9 Å². The van der Waals surface area contributed by atoms with E-state index in [1.807, 2.05) is 0 Å². The van der Waals surface area contributed by atoms with Gasteiger partial charge in [-0.2, -0.15) is 0 Å². The van der Waals surface area contributed by atoms with Crippen LogP contribution in [0.1, 0.15) is 10.4 Å². The van der Waals surface area contributed by atoms with Gasteiger partial charge in [-0.25, -0.2) is 24.0 Å². The minimum atomic E-state index is -1.40. The average Bonchev–Trinajstić information content (AvgIpc) is 2.51. The van der Waals surface area contributed by atoms with Gasteiger partial charge in [0, 0.05) is 24.3 Å². The molecular weight excluding hydrogens is 324 g/mol. The van der Waals surface area contributed by atoms with Gasteiger partial charge in [0.1, 0.15) is 11.3 Å². The second-order valence-corrected chi connectivity index (χ2v) is 3.97. The number of hydrogen-bond acceptors (Lipinski definition) is 7. The second kappa shape index (κ2) is 8.63. The van der Waals surface area contributed by atoms with E-state index in [0.29, 0.717) is 24.3 Å². The minimum Gasteiger partial charge on any atom is -0.478 e. The van der Waals surface area contributed by atoms with Crippen LogP contribution in [0.25, 0.3) is 0 Å². The van der Waals surface area contributed by atoms with Gasteiger partial charge in [0.15, 0.2) is 0 Å². The molecule has 0 aliphatic heterocycles. The van der Waals surface area contributed by atoms with E-state index < -0.39 is 29.8 Å². The lowest BCUT2D eigenvalue weighted by Gasteiger charge is -2.07. The first kappa shape index (κ1) is 18.3. The highest BCUT2D eigenvalue weighted by Gasteiger charge is 2.17. The van der Waals surface area contributed by atoms with Crippen LogP contribution in [0.3, 0.4) is 0 Å². The molecule has 0 aliphatic carbocycles.